The van der Waals surface area contributed by atoms with E-state index in [1.165, 1.54) is 0 Å². The number of nitrogens with zero attached hydrogens (tertiary/aromatic N) is 1. The van der Waals surface area contributed by atoms with Crippen LogP contribution in [0.2, 0.25) is 0 Å². The molecule has 1 rings (SSSR count). The Hall–Kier alpha value is -0.260. The third kappa shape index (κ3) is 3.96. The van der Waals surface area contributed by atoms with Gasteiger partial charge in [0.1, 0.15) is 17.1 Å². The van der Waals surface area contributed by atoms with Crippen molar-refractivity contribution in [3.63, 3.8) is 0 Å². The molecule has 0 atom stereocenters. The normalized spacial score (nSPS) is 10.7. The van der Waals surface area contributed by atoms with E-state index in [0.717, 1.165) is 41.9 Å². The van der Waals surface area contributed by atoms with E-state index in [4.69, 9.17) is 17.0 Å². The minimum absolute atomic E-state index is 0.501. The Morgan fingerprint density at radius 2 is 2.12 bits per heavy atom. The molecule has 0 aliphatic carbocycles. The number of ether oxygens (including phenoxy) is 1. The van der Waals surface area contributed by atoms with Crippen molar-refractivity contribution in [2.24, 2.45) is 0 Å². The highest BCUT2D eigenvalue weighted by atomic mass is 79.9. The number of rotatable bonds is 6. The van der Waals surface area contributed by atoms with E-state index in [2.05, 4.69) is 39.7 Å². The molecule has 0 bridgehead atoms. The lowest BCUT2D eigenvalue weighted by atomic mass is 10.2. The first kappa shape index (κ1) is 13.8. The molecule has 0 saturated carbocycles. The largest absolute Gasteiger partial charge is 0.374 e. The summed E-state index contributed by atoms with van der Waals surface area (Å²) in [5, 5.41) is 0. The fourth-order valence-electron chi connectivity index (χ4n) is 1.36. The van der Waals surface area contributed by atoms with E-state index >= 15 is 0 Å². The number of halogens is 1. The average molecular weight is 305 g/mol. The molecule has 0 aliphatic heterocycles. The molecule has 1 heterocycles. The van der Waals surface area contributed by atoms with Crippen LogP contribution < -0.4 is 0 Å². The first-order chi connectivity index (χ1) is 7.69. The van der Waals surface area contributed by atoms with Crippen LogP contribution in [-0.4, -0.2) is 16.6 Å². The second kappa shape index (κ2) is 7.14. The Morgan fingerprint density at radius 1 is 1.38 bits per heavy atom. The smallest absolute Gasteiger partial charge is 0.144 e. The summed E-state index contributed by atoms with van der Waals surface area (Å²) < 4.78 is 6.96. The molecule has 0 fully saturated rings. The fourth-order valence-corrected chi connectivity index (χ4v) is 1.98. The number of H-pyrrole nitrogens is 1. The zero-order valence-corrected chi connectivity index (χ0v) is 12.1. The van der Waals surface area contributed by atoms with Crippen molar-refractivity contribution in [1.82, 2.24) is 9.97 Å². The molecule has 1 aromatic heterocycles. The van der Waals surface area contributed by atoms with Crippen LogP contribution in [0.5, 0.6) is 0 Å². The monoisotopic (exact) mass is 304 g/mol. The van der Waals surface area contributed by atoms with Crippen LogP contribution in [0, 0.1) is 4.64 Å². The van der Waals surface area contributed by atoms with Gasteiger partial charge in [-0.25, -0.2) is 4.98 Å². The van der Waals surface area contributed by atoms with Gasteiger partial charge in [0.25, 0.3) is 0 Å². The van der Waals surface area contributed by atoms with Crippen LogP contribution in [0.25, 0.3) is 0 Å². The number of nitrogens with one attached hydrogen (secondary N) is 1. The summed E-state index contributed by atoms with van der Waals surface area (Å²) >= 11 is 8.65. The maximum Gasteiger partial charge on any atom is 0.144 e. The zero-order chi connectivity index (χ0) is 12.0. The maximum absolute atomic E-state index is 5.44. The second-order valence-corrected chi connectivity index (χ2v) is 4.76. The van der Waals surface area contributed by atoms with Gasteiger partial charge in [0, 0.05) is 12.3 Å². The molecule has 1 aromatic rings. The van der Waals surface area contributed by atoms with E-state index in [1.54, 1.807) is 0 Å². The van der Waals surface area contributed by atoms with Gasteiger partial charge in [-0.05, 0) is 28.8 Å². The number of aryl methyl sites for hydroxylation is 1. The molecular weight excluding hydrogens is 288 g/mol. The van der Waals surface area contributed by atoms with Gasteiger partial charge in [-0.15, -0.1) is 0 Å². The van der Waals surface area contributed by atoms with Gasteiger partial charge < -0.3 is 9.72 Å². The van der Waals surface area contributed by atoms with Gasteiger partial charge >= 0.3 is 0 Å². The molecule has 1 N–H and O–H groups in total. The molecule has 90 valence electrons. The quantitative estimate of drug-likeness (QED) is 0.642. The highest BCUT2D eigenvalue weighted by molar-refractivity contribution is 9.10. The summed E-state index contributed by atoms with van der Waals surface area (Å²) in [5.74, 6) is 0.810. The Bertz CT molecular complexity index is 392. The lowest BCUT2D eigenvalue weighted by Crippen LogP contribution is -2.04. The lowest BCUT2D eigenvalue weighted by molar-refractivity contribution is 0.116. The predicted molar refractivity (Wildman–Crippen MR) is 71.1 cm³/mol. The summed E-state index contributed by atoms with van der Waals surface area (Å²) in [6, 6.07) is 0. The molecule has 0 radical (unpaired) electrons. The molecule has 0 unspecified atom stereocenters. The highest BCUT2D eigenvalue weighted by Gasteiger charge is 2.05. The van der Waals surface area contributed by atoms with Gasteiger partial charge in [-0.3, -0.25) is 0 Å². The standard InChI is InChI=1S/C11H17BrN2OS/c1-3-5-8-10(12)11(16)14-9(13-8)7-15-6-4-2/h3-7H2,1-2H3,(H,13,14,16). The second-order valence-electron chi connectivity index (χ2n) is 3.58. The predicted octanol–water partition coefficient (Wildman–Crippen LogP) is 3.78. The molecule has 0 saturated heterocycles. The van der Waals surface area contributed by atoms with Crippen molar-refractivity contribution in [3.8, 4) is 0 Å². The van der Waals surface area contributed by atoms with Crippen molar-refractivity contribution in [2.75, 3.05) is 6.61 Å². The fraction of sp³-hybridized carbons (Fsp3) is 0.636. The lowest BCUT2D eigenvalue weighted by Gasteiger charge is -2.07. The van der Waals surface area contributed by atoms with Crippen LogP contribution in [0.3, 0.4) is 0 Å². The Kier molecular flexibility index (Phi) is 6.16. The van der Waals surface area contributed by atoms with Gasteiger partial charge in [-0.1, -0.05) is 32.5 Å². The molecule has 0 spiro atoms. The summed E-state index contributed by atoms with van der Waals surface area (Å²) in [6.07, 6.45) is 3.05. The minimum Gasteiger partial charge on any atom is -0.374 e. The number of hydrogen-bond donors (Lipinski definition) is 1. The number of aromatic amines is 1. The van der Waals surface area contributed by atoms with E-state index in [9.17, 15) is 0 Å². The van der Waals surface area contributed by atoms with Gasteiger partial charge in [0.05, 0.1) is 4.47 Å². The van der Waals surface area contributed by atoms with E-state index in [1.807, 2.05) is 0 Å². The molecule has 5 heteroatoms. The van der Waals surface area contributed by atoms with Crippen LogP contribution in [-0.2, 0) is 17.8 Å². The molecule has 0 aliphatic rings. The van der Waals surface area contributed by atoms with Crippen LogP contribution in [0.1, 0.15) is 38.2 Å². The van der Waals surface area contributed by atoms with E-state index in [0.29, 0.717) is 11.2 Å². The van der Waals surface area contributed by atoms with Crippen LogP contribution >= 0.6 is 28.1 Å². The first-order valence-electron chi connectivity index (χ1n) is 5.54. The molecule has 3 nitrogen and oxygen atoms in total. The third-order valence-corrected chi connectivity index (χ3v) is 3.48. The third-order valence-electron chi connectivity index (χ3n) is 2.07. The Balaban J connectivity index is 2.82. The van der Waals surface area contributed by atoms with Gasteiger partial charge in [0.2, 0.25) is 0 Å². The van der Waals surface area contributed by atoms with Crippen molar-refractivity contribution >= 4 is 28.1 Å². The summed E-state index contributed by atoms with van der Waals surface area (Å²) in [6.45, 7) is 5.47. The van der Waals surface area contributed by atoms with Crippen LogP contribution in [0.15, 0.2) is 4.47 Å². The van der Waals surface area contributed by atoms with Gasteiger partial charge in [0.15, 0.2) is 0 Å². The van der Waals surface area contributed by atoms with E-state index < -0.39 is 0 Å². The highest BCUT2D eigenvalue weighted by Crippen LogP contribution is 2.17. The van der Waals surface area contributed by atoms with Crippen molar-refractivity contribution in [3.05, 3.63) is 20.6 Å². The molecular formula is C11H17BrN2OS. The van der Waals surface area contributed by atoms with Crippen molar-refractivity contribution in [1.29, 1.82) is 0 Å². The van der Waals surface area contributed by atoms with Crippen LogP contribution in [0.4, 0.5) is 0 Å². The molecule has 16 heavy (non-hydrogen) atoms. The van der Waals surface area contributed by atoms with Gasteiger partial charge in [-0.2, -0.15) is 0 Å². The summed E-state index contributed by atoms with van der Waals surface area (Å²) in [4.78, 5) is 7.54. The summed E-state index contributed by atoms with van der Waals surface area (Å²) in [5.41, 5.74) is 1.11. The molecule has 0 amide bonds. The molecule has 0 aromatic carbocycles. The van der Waals surface area contributed by atoms with Crippen molar-refractivity contribution in [2.45, 2.75) is 39.7 Å². The topological polar surface area (TPSA) is 37.9 Å². The maximum atomic E-state index is 5.44. The van der Waals surface area contributed by atoms with E-state index in [-0.39, 0.29) is 0 Å². The first-order valence-corrected chi connectivity index (χ1v) is 6.74. The zero-order valence-electron chi connectivity index (χ0n) is 9.68. The number of hydrogen-bond acceptors (Lipinski definition) is 3. The minimum atomic E-state index is 0.501. The van der Waals surface area contributed by atoms with Crippen molar-refractivity contribution < 1.29 is 4.74 Å². The Labute approximate surface area is 110 Å². The summed E-state index contributed by atoms with van der Waals surface area (Å²) in [7, 11) is 0. The SMILES string of the molecule is CCCOCc1nc(=S)c(Br)c(CCC)[nH]1. The Morgan fingerprint density at radius 3 is 2.75 bits per heavy atom. The number of aromatic nitrogens is 2. The average Bonchev–Trinajstić information content (AvgIpc) is 2.26.